The largest absolute Gasteiger partial charge is 0.456 e. The zero-order valence-electron chi connectivity index (χ0n) is 36.0. The first-order valence-corrected chi connectivity index (χ1v) is 22.5. The van der Waals surface area contributed by atoms with Crippen LogP contribution in [0.25, 0.3) is 116 Å². The Morgan fingerprint density at radius 2 is 0.923 bits per heavy atom. The molecule has 0 saturated carbocycles. The van der Waals surface area contributed by atoms with Crippen molar-refractivity contribution in [1.82, 2.24) is 13.7 Å². The summed E-state index contributed by atoms with van der Waals surface area (Å²) in [5.41, 5.74) is 17.0. The minimum absolute atomic E-state index is 0.130. The van der Waals surface area contributed by atoms with E-state index in [1.165, 1.54) is 55.0 Å². The van der Waals surface area contributed by atoms with E-state index in [1.807, 2.05) is 0 Å². The van der Waals surface area contributed by atoms with Crippen LogP contribution >= 0.6 is 0 Å². The molecule has 14 rings (SSSR count). The molecule has 8 bridgehead atoms. The number of aromatic nitrogens is 3. The van der Waals surface area contributed by atoms with Gasteiger partial charge in [0.1, 0.15) is 11.2 Å². The second-order valence-electron chi connectivity index (χ2n) is 18.2. The van der Waals surface area contributed by atoms with Crippen LogP contribution in [0.1, 0.15) is 25.0 Å². The molecule has 13 aromatic rings. The number of fused-ring (bicyclic) bond motifs is 14. The summed E-state index contributed by atoms with van der Waals surface area (Å²) in [6.45, 7) is 4.71. The predicted molar refractivity (Wildman–Crippen MR) is 272 cm³/mol. The van der Waals surface area contributed by atoms with E-state index in [0.717, 1.165) is 71.7 Å². The Morgan fingerprint density at radius 3 is 1.72 bits per heavy atom. The van der Waals surface area contributed by atoms with Crippen LogP contribution in [0.15, 0.2) is 217 Å². The third-order valence-corrected chi connectivity index (χ3v) is 14.2. The predicted octanol–water partition coefficient (Wildman–Crippen LogP) is 16.3. The van der Waals surface area contributed by atoms with Crippen LogP contribution in [-0.2, 0) is 5.41 Å². The number of hydrogen-bond donors (Lipinski definition) is 0. The summed E-state index contributed by atoms with van der Waals surface area (Å²) in [6.07, 6.45) is 0. The summed E-state index contributed by atoms with van der Waals surface area (Å²) >= 11 is 0. The molecule has 0 aliphatic heterocycles. The van der Waals surface area contributed by atoms with E-state index in [0.29, 0.717) is 0 Å². The smallest absolute Gasteiger partial charge is 0.135 e. The topological polar surface area (TPSA) is 27.9 Å². The van der Waals surface area contributed by atoms with E-state index in [-0.39, 0.29) is 5.41 Å². The van der Waals surface area contributed by atoms with E-state index in [2.05, 4.69) is 240 Å². The van der Waals surface area contributed by atoms with Crippen molar-refractivity contribution in [2.45, 2.75) is 19.3 Å². The minimum Gasteiger partial charge on any atom is -0.456 e. The SMILES string of the molecule is CC1(C)c2ccccc2-c2ccc(-n3c4cccc(c4)c4cccc(c4)n(-c4cccc5c4c4ccccc4n5-c4cccc5ccccc45)c4ccc5oc6ccc3cc6c5c4)cc21. The van der Waals surface area contributed by atoms with E-state index in [9.17, 15) is 0 Å². The Bertz CT molecular complexity index is 4220. The Labute approximate surface area is 374 Å². The summed E-state index contributed by atoms with van der Waals surface area (Å²) in [6, 6.07) is 78.2. The molecule has 3 aromatic heterocycles. The second-order valence-corrected chi connectivity index (χ2v) is 18.2. The Kier molecular flexibility index (Phi) is 7.42. The van der Waals surface area contributed by atoms with Gasteiger partial charge in [0.05, 0.1) is 22.4 Å². The average molecular weight is 832 g/mol. The first-order valence-electron chi connectivity index (χ1n) is 22.5. The number of furan rings is 1. The first-order chi connectivity index (χ1) is 32.0. The summed E-state index contributed by atoms with van der Waals surface area (Å²) < 4.78 is 14.0. The van der Waals surface area contributed by atoms with Gasteiger partial charge in [-0.1, -0.05) is 129 Å². The molecule has 0 amide bonds. The van der Waals surface area contributed by atoms with Crippen molar-refractivity contribution in [3.63, 3.8) is 0 Å². The maximum absolute atomic E-state index is 6.65. The molecule has 0 radical (unpaired) electrons. The minimum atomic E-state index is -0.130. The van der Waals surface area contributed by atoms with Crippen LogP contribution in [0.2, 0.25) is 0 Å². The van der Waals surface area contributed by atoms with Gasteiger partial charge < -0.3 is 18.1 Å². The van der Waals surface area contributed by atoms with E-state index < -0.39 is 0 Å². The number of benzene rings is 10. The number of hydrogen-bond acceptors (Lipinski definition) is 1. The third kappa shape index (κ3) is 5.19. The lowest BCUT2D eigenvalue weighted by Crippen LogP contribution is -2.15. The van der Waals surface area contributed by atoms with Gasteiger partial charge in [0.2, 0.25) is 0 Å². The summed E-state index contributed by atoms with van der Waals surface area (Å²) in [4.78, 5) is 0. The summed E-state index contributed by atoms with van der Waals surface area (Å²) in [7, 11) is 0. The average Bonchev–Trinajstić information content (AvgIpc) is 3.96. The Morgan fingerprint density at radius 1 is 0.354 bits per heavy atom. The van der Waals surface area contributed by atoms with Gasteiger partial charge in [-0.15, -0.1) is 0 Å². The maximum atomic E-state index is 6.65. The van der Waals surface area contributed by atoms with E-state index in [4.69, 9.17) is 4.42 Å². The van der Waals surface area contributed by atoms with Crippen LogP contribution < -0.4 is 0 Å². The van der Waals surface area contributed by atoms with Gasteiger partial charge in [-0.3, -0.25) is 0 Å². The fourth-order valence-corrected chi connectivity index (χ4v) is 11.2. The number of para-hydroxylation sites is 1. The molecule has 1 aliphatic rings. The third-order valence-electron chi connectivity index (χ3n) is 14.2. The molecule has 4 heteroatoms. The van der Waals surface area contributed by atoms with Gasteiger partial charge >= 0.3 is 0 Å². The van der Waals surface area contributed by atoms with Crippen molar-refractivity contribution >= 4 is 87.4 Å². The molecule has 1 aliphatic carbocycles. The standard InChI is InChI=1S/C61H41N3O/c1-61(2)52-22-7-5-20-47(52)48-30-27-45(37-53(48)61)62-41-17-9-15-39(33-41)40-16-10-18-42(34-40)63(44-29-32-59-51(36-44)50-35-43(62)28-31-58(50)65-59)56-25-12-26-57-60(56)49-21-6-8-23-55(49)64(57)54-24-11-14-38-13-3-4-19-46(38)54/h3-37H,1-2H3. The molecule has 65 heavy (non-hydrogen) atoms. The Balaban J connectivity index is 1.09. The first kappa shape index (κ1) is 36.2. The fraction of sp³-hybridized carbons (Fsp3) is 0.0492. The van der Waals surface area contributed by atoms with Crippen LogP contribution in [0.3, 0.4) is 0 Å². The van der Waals surface area contributed by atoms with Gasteiger partial charge in [-0.25, -0.2) is 0 Å². The van der Waals surface area contributed by atoms with Crippen molar-refractivity contribution in [3.8, 4) is 28.2 Å². The molecule has 4 nitrogen and oxygen atoms in total. The normalized spacial score (nSPS) is 13.2. The summed E-state index contributed by atoms with van der Waals surface area (Å²) in [5, 5.41) is 9.27. The molecule has 306 valence electrons. The molecule has 3 heterocycles. The van der Waals surface area contributed by atoms with Gasteiger partial charge in [0.15, 0.2) is 0 Å². The monoisotopic (exact) mass is 831 g/mol. The highest BCUT2D eigenvalue weighted by Crippen LogP contribution is 2.49. The fourth-order valence-electron chi connectivity index (χ4n) is 11.2. The summed E-state index contributed by atoms with van der Waals surface area (Å²) in [5.74, 6) is 0. The lowest BCUT2D eigenvalue weighted by atomic mass is 9.82. The highest BCUT2D eigenvalue weighted by molar-refractivity contribution is 6.15. The number of nitrogens with zero attached hydrogens (tertiary/aromatic N) is 3. The molecule has 0 fully saturated rings. The van der Waals surface area contributed by atoms with Crippen molar-refractivity contribution < 1.29 is 4.42 Å². The van der Waals surface area contributed by atoms with E-state index >= 15 is 0 Å². The van der Waals surface area contributed by atoms with Crippen molar-refractivity contribution in [1.29, 1.82) is 0 Å². The molecule has 0 saturated heterocycles. The maximum Gasteiger partial charge on any atom is 0.135 e. The lowest BCUT2D eigenvalue weighted by Gasteiger charge is -2.22. The van der Waals surface area contributed by atoms with Crippen LogP contribution in [-0.4, -0.2) is 13.7 Å². The second kappa shape index (κ2) is 13.3. The molecule has 10 aromatic carbocycles. The molecular weight excluding hydrogens is 791 g/mol. The van der Waals surface area contributed by atoms with Crippen LogP contribution in [0.4, 0.5) is 0 Å². The highest BCUT2D eigenvalue weighted by atomic mass is 16.3. The van der Waals surface area contributed by atoms with Crippen molar-refractivity contribution in [3.05, 3.63) is 223 Å². The quantitative estimate of drug-likeness (QED) is 0.174. The van der Waals surface area contributed by atoms with Gasteiger partial charge in [0.25, 0.3) is 0 Å². The van der Waals surface area contributed by atoms with Crippen LogP contribution in [0.5, 0.6) is 0 Å². The number of rotatable bonds is 3. The molecule has 0 unspecified atom stereocenters. The molecular formula is C61H41N3O. The molecule has 0 N–H and O–H groups in total. The van der Waals surface area contributed by atoms with Gasteiger partial charge in [-0.2, -0.15) is 0 Å². The highest BCUT2D eigenvalue weighted by Gasteiger charge is 2.35. The zero-order valence-corrected chi connectivity index (χ0v) is 36.0. The van der Waals surface area contributed by atoms with Gasteiger partial charge in [-0.05, 0) is 135 Å². The zero-order chi connectivity index (χ0) is 43.0. The van der Waals surface area contributed by atoms with E-state index in [1.54, 1.807) is 0 Å². The Hall–Kier alpha value is -8.34. The lowest BCUT2D eigenvalue weighted by molar-refractivity contribution is 0.660. The van der Waals surface area contributed by atoms with Crippen molar-refractivity contribution in [2.75, 3.05) is 0 Å². The van der Waals surface area contributed by atoms with Crippen molar-refractivity contribution in [2.24, 2.45) is 0 Å². The van der Waals surface area contributed by atoms with Crippen LogP contribution in [0, 0.1) is 0 Å². The molecule has 0 atom stereocenters. The van der Waals surface area contributed by atoms with Gasteiger partial charge in [0, 0.05) is 60.1 Å². The molecule has 0 spiro atoms.